The smallest absolute Gasteiger partial charge is 0.324 e. The number of aryl methyl sites for hydroxylation is 1. The molecule has 244 valence electrons. The van der Waals surface area contributed by atoms with Crippen molar-refractivity contribution in [2.45, 2.75) is 52.4 Å². The molecule has 0 radical (unpaired) electrons. The predicted molar refractivity (Wildman–Crippen MR) is 187 cm³/mol. The summed E-state index contributed by atoms with van der Waals surface area (Å²) in [5.41, 5.74) is 3.85. The minimum atomic E-state index is -0.409. The second-order valence-electron chi connectivity index (χ2n) is 13.2. The van der Waals surface area contributed by atoms with Crippen molar-refractivity contribution < 1.29 is 19.1 Å². The van der Waals surface area contributed by atoms with Gasteiger partial charge in [-0.1, -0.05) is 76.6 Å². The van der Waals surface area contributed by atoms with E-state index in [-0.39, 0.29) is 24.0 Å². The number of hydrogen-bond acceptors (Lipinski definition) is 6. The normalized spacial score (nSPS) is 11.7. The van der Waals surface area contributed by atoms with Gasteiger partial charge in [0, 0.05) is 41.0 Å². The molecule has 10 nitrogen and oxygen atoms in total. The van der Waals surface area contributed by atoms with Gasteiger partial charge in [-0.3, -0.25) is 10.1 Å². The Kier molecular flexibility index (Phi) is 9.62. The Morgan fingerprint density at radius 3 is 2.28 bits per heavy atom. The Morgan fingerprint density at radius 1 is 0.851 bits per heavy atom. The van der Waals surface area contributed by atoms with E-state index >= 15 is 0 Å². The molecule has 0 aliphatic carbocycles. The van der Waals surface area contributed by atoms with Gasteiger partial charge in [0.1, 0.15) is 24.0 Å². The van der Waals surface area contributed by atoms with Crippen LogP contribution in [0.2, 0.25) is 0 Å². The molecular formula is C37H42N6O4. The van der Waals surface area contributed by atoms with Gasteiger partial charge >= 0.3 is 6.03 Å². The number of rotatable bonds is 10. The van der Waals surface area contributed by atoms with Crippen LogP contribution in [-0.2, 0) is 20.4 Å². The SMILES string of the molecule is COCC(=O)Nc1cc(C(C)(C)COc2ccc(NC(=O)Nc3cc(C(C)(C)C)nn3-c3ccc(C)cc3)c3ccccc23)ccn1. The molecule has 0 saturated heterocycles. The lowest BCUT2D eigenvalue weighted by Gasteiger charge is -2.26. The average Bonchev–Trinajstić information content (AvgIpc) is 3.45. The van der Waals surface area contributed by atoms with Crippen LogP contribution in [0.15, 0.2) is 85.1 Å². The Bertz CT molecular complexity index is 1890. The molecule has 2 aromatic heterocycles. The maximum Gasteiger partial charge on any atom is 0.324 e. The summed E-state index contributed by atoms with van der Waals surface area (Å²) < 4.78 is 13.1. The molecule has 10 heteroatoms. The highest BCUT2D eigenvalue weighted by atomic mass is 16.5. The second kappa shape index (κ2) is 13.6. The van der Waals surface area contributed by atoms with Crippen LogP contribution >= 0.6 is 0 Å². The molecule has 0 spiro atoms. The van der Waals surface area contributed by atoms with Crippen LogP contribution < -0.4 is 20.7 Å². The molecule has 0 fully saturated rings. The molecule has 3 amide bonds. The first-order valence-electron chi connectivity index (χ1n) is 15.5. The first kappa shape index (κ1) is 33.2. The standard InChI is InChI=1S/C37H42N6O4/c1-24-12-14-26(15-13-24)43-33(21-31(42-43)36(2,3)4)41-35(45)39-29-16-17-30(28-11-9-8-10-27(28)29)47-23-37(5,6)25-18-19-38-32(20-25)40-34(44)22-46-7/h8-21H,22-23H2,1-7H3,(H,38,40,44)(H2,39,41,45). The van der Waals surface area contributed by atoms with Crippen molar-refractivity contribution in [3.05, 3.63) is 102 Å². The summed E-state index contributed by atoms with van der Waals surface area (Å²) in [4.78, 5) is 29.7. The number of amides is 3. The minimum Gasteiger partial charge on any atom is -0.492 e. The van der Waals surface area contributed by atoms with Crippen molar-refractivity contribution in [2.24, 2.45) is 0 Å². The number of aromatic nitrogens is 3. The molecule has 2 heterocycles. The minimum absolute atomic E-state index is 0.0473. The molecule has 0 atom stereocenters. The fourth-order valence-corrected chi connectivity index (χ4v) is 5.07. The number of anilines is 3. The van der Waals surface area contributed by atoms with Crippen molar-refractivity contribution in [1.82, 2.24) is 14.8 Å². The summed E-state index contributed by atoms with van der Waals surface area (Å²) in [5, 5.41) is 15.3. The van der Waals surface area contributed by atoms with Crippen LogP contribution in [0.1, 0.15) is 51.4 Å². The van der Waals surface area contributed by atoms with Crippen molar-refractivity contribution >= 4 is 40.0 Å². The van der Waals surface area contributed by atoms with Crippen LogP contribution in [0.25, 0.3) is 16.5 Å². The molecule has 0 saturated carbocycles. The number of carbonyl (C=O) groups excluding carboxylic acids is 2. The number of nitrogens with one attached hydrogen (secondary N) is 3. The molecule has 5 rings (SSSR count). The molecule has 3 aromatic carbocycles. The van der Waals surface area contributed by atoms with Gasteiger partial charge in [0.2, 0.25) is 0 Å². The zero-order chi connectivity index (χ0) is 33.8. The zero-order valence-electron chi connectivity index (χ0n) is 28.0. The lowest BCUT2D eigenvalue weighted by molar-refractivity contribution is -0.119. The Morgan fingerprint density at radius 2 is 1.57 bits per heavy atom. The second-order valence-corrected chi connectivity index (χ2v) is 13.2. The number of carbonyl (C=O) groups is 2. The molecule has 0 unspecified atom stereocenters. The topological polar surface area (TPSA) is 119 Å². The van der Waals surface area contributed by atoms with E-state index in [0.29, 0.717) is 29.7 Å². The highest BCUT2D eigenvalue weighted by Crippen LogP contribution is 2.34. The molecule has 5 aromatic rings. The maximum atomic E-state index is 13.4. The molecule has 0 bridgehead atoms. The van der Waals surface area contributed by atoms with Crippen LogP contribution in [0.4, 0.5) is 22.1 Å². The van der Waals surface area contributed by atoms with Gasteiger partial charge in [-0.25, -0.2) is 14.5 Å². The van der Waals surface area contributed by atoms with Crippen molar-refractivity contribution in [3.63, 3.8) is 0 Å². The van der Waals surface area contributed by atoms with Crippen molar-refractivity contribution in [1.29, 1.82) is 0 Å². The quantitative estimate of drug-likeness (QED) is 0.145. The van der Waals surface area contributed by atoms with E-state index in [1.54, 1.807) is 10.9 Å². The van der Waals surface area contributed by atoms with Gasteiger partial charge in [0.25, 0.3) is 5.91 Å². The maximum absolute atomic E-state index is 13.4. The zero-order valence-corrected chi connectivity index (χ0v) is 28.0. The van der Waals surface area contributed by atoms with Crippen LogP contribution in [0, 0.1) is 6.92 Å². The third kappa shape index (κ3) is 7.96. The Labute approximate surface area is 275 Å². The first-order chi connectivity index (χ1) is 22.3. The fourth-order valence-electron chi connectivity index (χ4n) is 5.07. The van der Waals surface area contributed by atoms with E-state index in [2.05, 4.69) is 55.6 Å². The number of urea groups is 1. The van der Waals surface area contributed by atoms with E-state index in [0.717, 1.165) is 33.3 Å². The average molecular weight is 635 g/mol. The number of nitrogens with zero attached hydrogens (tertiary/aromatic N) is 3. The number of ether oxygens (including phenoxy) is 2. The number of fused-ring (bicyclic) bond motifs is 1. The van der Waals surface area contributed by atoms with Gasteiger partial charge < -0.3 is 20.1 Å². The predicted octanol–water partition coefficient (Wildman–Crippen LogP) is 7.61. The van der Waals surface area contributed by atoms with Gasteiger partial charge in [-0.05, 0) is 48.9 Å². The van der Waals surface area contributed by atoms with E-state index in [1.807, 2.05) is 85.8 Å². The third-order valence-corrected chi connectivity index (χ3v) is 7.80. The molecule has 0 aliphatic rings. The Hall–Kier alpha value is -5.22. The van der Waals surface area contributed by atoms with Crippen molar-refractivity contribution in [2.75, 3.05) is 36.3 Å². The van der Waals surface area contributed by atoms with E-state index in [1.165, 1.54) is 7.11 Å². The number of pyridine rings is 1. The Balaban J connectivity index is 1.34. The highest BCUT2D eigenvalue weighted by molar-refractivity contribution is 6.07. The van der Waals surface area contributed by atoms with Gasteiger partial charge in [-0.2, -0.15) is 5.10 Å². The highest BCUT2D eigenvalue weighted by Gasteiger charge is 2.24. The molecule has 0 aliphatic heterocycles. The van der Waals surface area contributed by atoms with E-state index in [9.17, 15) is 9.59 Å². The summed E-state index contributed by atoms with van der Waals surface area (Å²) in [6.07, 6.45) is 1.66. The number of benzene rings is 3. The largest absolute Gasteiger partial charge is 0.492 e. The lowest BCUT2D eigenvalue weighted by atomic mass is 9.86. The molecule has 47 heavy (non-hydrogen) atoms. The third-order valence-electron chi connectivity index (χ3n) is 7.80. The van der Waals surface area contributed by atoms with Crippen molar-refractivity contribution in [3.8, 4) is 11.4 Å². The molecular weight excluding hydrogens is 592 g/mol. The van der Waals surface area contributed by atoms with E-state index in [4.69, 9.17) is 14.6 Å². The van der Waals surface area contributed by atoms with Gasteiger partial charge in [-0.15, -0.1) is 0 Å². The van der Waals surface area contributed by atoms with Gasteiger partial charge in [0.15, 0.2) is 0 Å². The summed E-state index contributed by atoms with van der Waals surface area (Å²) in [5.74, 6) is 1.44. The number of methoxy groups -OCH3 is 1. The van der Waals surface area contributed by atoms with Gasteiger partial charge in [0.05, 0.1) is 23.7 Å². The summed E-state index contributed by atoms with van der Waals surface area (Å²) in [6.45, 7) is 12.8. The lowest BCUT2D eigenvalue weighted by Crippen LogP contribution is -2.27. The van der Waals surface area contributed by atoms with Crippen LogP contribution in [0.5, 0.6) is 5.75 Å². The summed E-state index contributed by atoms with van der Waals surface area (Å²) >= 11 is 0. The number of hydrogen-bond donors (Lipinski definition) is 3. The van der Waals surface area contributed by atoms with Crippen LogP contribution in [-0.4, -0.2) is 47.0 Å². The first-order valence-corrected chi connectivity index (χ1v) is 15.5. The summed E-state index contributed by atoms with van der Waals surface area (Å²) in [6, 6.07) is 24.8. The summed E-state index contributed by atoms with van der Waals surface area (Å²) in [7, 11) is 1.47. The fraction of sp³-hybridized carbons (Fsp3) is 0.297. The van der Waals surface area contributed by atoms with Crippen LogP contribution in [0.3, 0.4) is 0 Å². The van der Waals surface area contributed by atoms with E-state index < -0.39 is 5.41 Å². The molecule has 3 N–H and O–H groups in total. The monoisotopic (exact) mass is 634 g/mol.